The van der Waals surface area contributed by atoms with Crippen LogP contribution in [-0.2, 0) is 18.0 Å². The van der Waals surface area contributed by atoms with Crippen molar-refractivity contribution in [3.8, 4) is 5.69 Å². The lowest BCUT2D eigenvalue weighted by Gasteiger charge is -2.13. The second-order valence-electron chi connectivity index (χ2n) is 5.35. The summed E-state index contributed by atoms with van der Waals surface area (Å²) in [5.41, 5.74) is -2.33. The van der Waals surface area contributed by atoms with Gasteiger partial charge in [0, 0.05) is 7.05 Å². The van der Waals surface area contributed by atoms with E-state index in [0.717, 1.165) is 27.6 Å². The fraction of sp³-hybridized carbons (Fsp3) is 0.375. The molecule has 136 valence electrons. The van der Waals surface area contributed by atoms with Gasteiger partial charge in [-0.05, 0) is 32.0 Å². The number of aliphatic hydroxyl groups excluding tert-OH is 1. The van der Waals surface area contributed by atoms with E-state index >= 15 is 0 Å². The van der Waals surface area contributed by atoms with E-state index in [-0.39, 0.29) is 18.0 Å². The van der Waals surface area contributed by atoms with Crippen molar-refractivity contribution in [3.05, 3.63) is 51.4 Å². The summed E-state index contributed by atoms with van der Waals surface area (Å²) in [6.07, 6.45) is -5.79. The van der Waals surface area contributed by atoms with Gasteiger partial charge in [-0.1, -0.05) is 6.07 Å². The van der Waals surface area contributed by atoms with Crippen LogP contribution >= 0.6 is 0 Å². The molecule has 2 aromatic rings. The number of carbonyl (C=O) groups excluding carboxylic acids is 1. The maximum atomic E-state index is 12.9. The smallest absolute Gasteiger partial charge is 0.416 e. The third-order valence-corrected chi connectivity index (χ3v) is 3.60. The van der Waals surface area contributed by atoms with Crippen LogP contribution in [0.5, 0.6) is 0 Å². The maximum Gasteiger partial charge on any atom is 0.416 e. The van der Waals surface area contributed by atoms with E-state index in [1.807, 2.05) is 0 Å². The number of carbonyl (C=O) groups is 1. The molecular formula is C16H17F3N2O4. The summed E-state index contributed by atoms with van der Waals surface area (Å²) in [7, 11) is 1.37. The molecule has 2 rings (SSSR count). The van der Waals surface area contributed by atoms with Crippen molar-refractivity contribution >= 4 is 5.97 Å². The third-order valence-electron chi connectivity index (χ3n) is 3.60. The summed E-state index contributed by atoms with van der Waals surface area (Å²) in [4.78, 5) is 24.7. The summed E-state index contributed by atoms with van der Waals surface area (Å²) in [6, 6.07) is 4.13. The molecule has 1 atom stereocenters. The van der Waals surface area contributed by atoms with Crippen molar-refractivity contribution in [3.63, 3.8) is 0 Å². The number of esters is 1. The third kappa shape index (κ3) is 3.46. The average Bonchev–Trinajstić information content (AvgIpc) is 2.78. The standard InChI is InChI=1S/C16H17F3N2O4/c1-4-25-15(24)12-13(9(2)22)20(3)21(14(12)23)11-7-5-6-10(8-11)16(17,18)19/h5-9,22H,4H2,1-3H3. The fourth-order valence-electron chi connectivity index (χ4n) is 2.60. The number of aromatic nitrogens is 2. The van der Waals surface area contributed by atoms with Gasteiger partial charge in [0.25, 0.3) is 5.56 Å². The Hall–Kier alpha value is -2.55. The monoisotopic (exact) mass is 358 g/mol. The molecule has 1 aromatic carbocycles. The molecule has 1 N–H and O–H groups in total. The van der Waals surface area contributed by atoms with Gasteiger partial charge in [0.2, 0.25) is 0 Å². The Morgan fingerprint density at radius 1 is 1.36 bits per heavy atom. The molecule has 0 aliphatic heterocycles. The largest absolute Gasteiger partial charge is 0.462 e. The molecule has 1 unspecified atom stereocenters. The molecule has 25 heavy (non-hydrogen) atoms. The lowest BCUT2D eigenvalue weighted by molar-refractivity contribution is -0.137. The Balaban J connectivity index is 2.74. The summed E-state index contributed by atoms with van der Waals surface area (Å²) >= 11 is 0. The number of ether oxygens (including phenoxy) is 1. The molecule has 0 aliphatic carbocycles. The van der Waals surface area contributed by atoms with Crippen LogP contribution in [0.2, 0.25) is 0 Å². The second-order valence-corrected chi connectivity index (χ2v) is 5.35. The Labute approximate surface area is 141 Å². The molecule has 0 saturated heterocycles. The molecule has 0 spiro atoms. The fourth-order valence-corrected chi connectivity index (χ4v) is 2.60. The van der Waals surface area contributed by atoms with Crippen LogP contribution in [0.3, 0.4) is 0 Å². The first-order valence-corrected chi connectivity index (χ1v) is 7.44. The van der Waals surface area contributed by atoms with Gasteiger partial charge in [0.15, 0.2) is 5.56 Å². The van der Waals surface area contributed by atoms with E-state index in [2.05, 4.69) is 0 Å². The number of hydrogen-bond acceptors (Lipinski definition) is 4. The Morgan fingerprint density at radius 2 is 2.00 bits per heavy atom. The summed E-state index contributed by atoms with van der Waals surface area (Å²) < 4.78 is 45.6. The molecule has 6 nitrogen and oxygen atoms in total. The summed E-state index contributed by atoms with van der Waals surface area (Å²) in [5, 5.41) is 9.91. The highest BCUT2D eigenvalue weighted by Gasteiger charge is 2.32. The van der Waals surface area contributed by atoms with E-state index < -0.39 is 34.9 Å². The number of rotatable bonds is 4. The predicted octanol–water partition coefficient (Wildman–Crippen LogP) is 2.42. The molecule has 0 saturated carbocycles. The number of halogens is 3. The van der Waals surface area contributed by atoms with Crippen LogP contribution in [0, 0.1) is 0 Å². The van der Waals surface area contributed by atoms with E-state index in [4.69, 9.17) is 4.74 Å². The number of nitrogens with zero attached hydrogens (tertiary/aromatic N) is 2. The summed E-state index contributed by atoms with van der Waals surface area (Å²) in [5.74, 6) is -0.940. The molecule has 0 aliphatic rings. The van der Waals surface area contributed by atoms with Crippen molar-refractivity contribution in [1.82, 2.24) is 9.36 Å². The zero-order valence-electron chi connectivity index (χ0n) is 13.8. The van der Waals surface area contributed by atoms with E-state index in [1.165, 1.54) is 20.0 Å². The SMILES string of the molecule is CCOC(=O)c1c(C(C)O)n(C)n(-c2cccc(C(F)(F)F)c2)c1=O. The minimum atomic E-state index is -4.58. The first-order chi connectivity index (χ1) is 11.6. The Morgan fingerprint density at radius 3 is 2.52 bits per heavy atom. The van der Waals surface area contributed by atoms with E-state index in [1.54, 1.807) is 6.92 Å². The quantitative estimate of drug-likeness (QED) is 0.852. The van der Waals surface area contributed by atoms with Gasteiger partial charge in [-0.15, -0.1) is 0 Å². The lowest BCUT2D eigenvalue weighted by Crippen LogP contribution is -2.24. The minimum Gasteiger partial charge on any atom is -0.462 e. The maximum absolute atomic E-state index is 12.9. The Bertz CT molecular complexity index is 850. The lowest BCUT2D eigenvalue weighted by atomic mass is 10.1. The van der Waals surface area contributed by atoms with Crippen molar-refractivity contribution in [2.45, 2.75) is 26.1 Å². The first-order valence-electron chi connectivity index (χ1n) is 7.44. The van der Waals surface area contributed by atoms with Gasteiger partial charge >= 0.3 is 12.1 Å². The first kappa shape index (κ1) is 18.8. The molecular weight excluding hydrogens is 341 g/mol. The predicted molar refractivity (Wildman–Crippen MR) is 82.6 cm³/mol. The highest BCUT2D eigenvalue weighted by atomic mass is 19.4. The number of hydrogen-bond donors (Lipinski definition) is 1. The molecule has 1 heterocycles. The number of aliphatic hydroxyl groups is 1. The van der Waals surface area contributed by atoms with Crippen LogP contribution in [0.15, 0.2) is 29.1 Å². The van der Waals surface area contributed by atoms with Crippen LogP contribution in [0.25, 0.3) is 5.69 Å². The molecule has 0 fully saturated rings. The van der Waals surface area contributed by atoms with Crippen molar-refractivity contribution in [2.24, 2.45) is 7.05 Å². The highest BCUT2D eigenvalue weighted by molar-refractivity contribution is 5.90. The van der Waals surface area contributed by atoms with Crippen LogP contribution < -0.4 is 5.56 Å². The highest BCUT2D eigenvalue weighted by Crippen LogP contribution is 2.30. The second kappa shape index (κ2) is 6.75. The minimum absolute atomic E-state index is 0.00990. The molecule has 0 bridgehead atoms. The molecule has 9 heteroatoms. The van der Waals surface area contributed by atoms with E-state index in [0.29, 0.717) is 0 Å². The average molecular weight is 358 g/mol. The molecule has 1 aromatic heterocycles. The van der Waals surface area contributed by atoms with Gasteiger partial charge < -0.3 is 9.84 Å². The molecule has 0 radical (unpaired) electrons. The molecule has 0 amide bonds. The van der Waals surface area contributed by atoms with Gasteiger partial charge in [0.1, 0.15) is 0 Å². The Kier molecular flexibility index (Phi) is 5.07. The van der Waals surface area contributed by atoms with Crippen molar-refractivity contribution < 1.29 is 27.8 Å². The normalized spacial score (nSPS) is 12.9. The summed E-state index contributed by atoms with van der Waals surface area (Å²) in [6.45, 7) is 2.90. The number of alkyl halides is 3. The number of benzene rings is 1. The van der Waals surface area contributed by atoms with Gasteiger partial charge in [-0.25, -0.2) is 9.48 Å². The van der Waals surface area contributed by atoms with Gasteiger partial charge in [-0.2, -0.15) is 13.2 Å². The van der Waals surface area contributed by atoms with Crippen molar-refractivity contribution in [1.29, 1.82) is 0 Å². The van der Waals surface area contributed by atoms with Crippen molar-refractivity contribution in [2.75, 3.05) is 6.61 Å². The zero-order chi connectivity index (χ0) is 18.9. The van der Waals surface area contributed by atoms with Crippen LogP contribution in [0.4, 0.5) is 13.2 Å². The van der Waals surface area contributed by atoms with Gasteiger partial charge in [0.05, 0.1) is 29.7 Å². The topological polar surface area (TPSA) is 73.5 Å². The van der Waals surface area contributed by atoms with Crippen LogP contribution in [-0.4, -0.2) is 27.0 Å². The van der Waals surface area contributed by atoms with E-state index in [9.17, 15) is 27.9 Å². The zero-order valence-corrected chi connectivity index (χ0v) is 13.8. The van der Waals surface area contributed by atoms with Crippen LogP contribution in [0.1, 0.15) is 41.6 Å². The van der Waals surface area contributed by atoms with Gasteiger partial charge in [-0.3, -0.25) is 9.48 Å².